The lowest BCUT2D eigenvalue weighted by atomic mass is 10.3. The quantitative estimate of drug-likeness (QED) is 0.604. The normalized spacial score (nSPS) is 11.3. The van der Waals surface area contributed by atoms with Gasteiger partial charge >= 0.3 is 0 Å². The molecule has 0 unspecified atom stereocenters. The molecule has 0 saturated carbocycles. The smallest absolute Gasteiger partial charge is 0.241 e. The summed E-state index contributed by atoms with van der Waals surface area (Å²) in [7, 11) is -3.55. The molecular weight excluding hydrogens is 356 g/mol. The zero-order valence-corrected chi connectivity index (χ0v) is 13.5. The summed E-state index contributed by atoms with van der Waals surface area (Å²) in [5, 5.41) is 0. The van der Waals surface area contributed by atoms with E-state index in [0.29, 0.717) is 15.9 Å². The first-order valence-electron chi connectivity index (χ1n) is 6.21. The Bertz CT molecular complexity index is 702. The second-order valence-corrected chi connectivity index (χ2v) is 6.84. The van der Waals surface area contributed by atoms with Crippen LogP contribution in [0.1, 0.15) is 0 Å². The summed E-state index contributed by atoms with van der Waals surface area (Å²) in [4.78, 5) is 0.206. The predicted molar refractivity (Wildman–Crippen MR) is 85.7 cm³/mol. The first-order chi connectivity index (χ1) is 9.99. The number of sulfonamides is 1. The Kier molecular flexibility index (Phi) is 5.22. The van der Waals surface area contributed by atoms with E-state index in [2.05, 4.69) is 20.7 Å². The van der Waals surface area contributed by atoms with Gasteiger partial charge in [-0.1, -0.05) is 12.1 Å². The number of hydrogen-bond donors (Lipinski definition) is 2. The fourth-order valence-electron chi connectivity index (χ4n) is 1.65. The monoisotopic (exact) mass is 370 g/mol. The highest BCUT2D eigenvalue weighted by Crippen LogP contribution is 2.20. The first-order valence-corrected chi connectivity index (χ1v) is 8.49. The van der Waals surface area contributed by atoms with Gasteiger partial charge in [0.15, 0.2) is 0 Å². The van der Waals surface area contributed by atoms with Crippen molar-refractivity contribution in [1.82, 2.24) is 4.72 Å². The summed E-state index contributed by atoms with van der Waals surface area (Å²) in [6.07, 6.45) is 0. The van der Waals surface area contributed by atoms with Crippen molar-refractivity contribution in [1.29, 1.82) is 0 Å². The molecule has 112 valence electrons. The molecule has 0 saturated heterocycles. The molecule has 0 atom stereocenters. The van der Waals surface area contributed by atoms with E-state index >= 15 is 0 Å². The molecule has 0 aliphatic heterocycles. The third-order valence-electron chi connectivity index (χ3n) is 2.67. The number of benzene rings is 2. The summed E-state index contributed by atoms with van der Waals surface area (Å²) in [5.41, 5.74) is 6.22. The molecule has 7 heteroatoms. The van der Waals surface area contributed by atoms with E-state index in [1.54, 1.807) is 42.5 Å². The fraction of sp³-hybridized carbons (Fsp3) is 0.143. The standard InChI is InChI=1S/C14H15BrN2O3S/c15-13-3-1-2-4-14(13)21(18,19)17-9-10-20-12-7-5-11(16)6-8-12/h1-8,17H,9-10,16H2. The van der Waals surface area contributed by atoms with Gasteiger partial charge in [-0.05, 0) is 52.3 Å². The van der Waals surface area contributed by atoms with Crippen molar-refractivity contribution in [2.24, 2.45) is 0 Å². The molecule has 21 heavy (non-hydrogen) atoms. The minimum atomic E-state index is -3.55. The molecule has 3 N–H and O–H groups in total. The van der Waals surface area contributed by atoms with Crippen molar-refractivity contribution in [2.45, 2.75) is 4.90 Å². The van der Waals surface area contributed by atoms with Gasteiger partial charge in [0, 0.05) is 16.7 Å². The van der Waals surface area contributed by atoms with E-state index in [4.69, 9.17) is 10.5 Å². The lowest BCUT2D eigenvalue weighted by Crippen LogP contribution is -2.28. The topological polar surface area (TPSA) is 81.4 Å². The largest absolute Gasteiger partial charge is 0.492 e. The lowest BCUT2D eigenvalue weighted by Gasteiger charge is -2.09. The number of hydrogen-bond acceptors (Lipinski definition) is 4. The van der Waals surface area contributed by atoms with Crippen LogP contribution in [0.5, 0.6) is 5.75 Å². The highest BCUT2D eigenvalue weighted by Gasteiger charge is 2.16. The molecule has 0 amide bonds. The Labute approximate surface area is 132 Å². The molecule has 2 aromatic carbocycles. The number of nitrogens with one attached hydrogen (secondary N) is 1. The highest BCUT2D eigenvalue weighted by molar-refractivity contribution is 9.10. The Morgan fingerprint density at radius 1 is 1.10 bits per heavy atom. The van der Waals surface area contributed by atoms with Gasteiger partial charge in [-0.3, -0.25) is 0 Å². The van der Waals surface area contributed by atoms with Gasteiger partial charge < -0.3 is 10.5 Å². The number of nitrogens with two attached hydrogens (primary N) is 1. The molecular formula is C14H15BrN2O3S. The van der Waals surface area contributed by atoms with Gasteiger partial charge in [0.1, 0.15) is 12.4 Å². The van der Waals surface area contributed by atoms with Gasteiger partial charge in [0.25, 0.3) is 0 Å². The second kappa shape index (κ2) is 6.93. The predicted octanol–water partition coefficient (Wildman–Crippen LogP) is 2.39. The number of nitrogen functional groups attached to an aromatic ring is 1. The molecule has 0 aromatic heterocycles. The van der Waals surface area contributed by atoms with E-state index < -0.39 is 10.0 Å². The van der Waals surface area contributed by atoms with Crippen LogP contribution < -0.4 is 15.2 Å². The maximum absolute atomic E-state index is 12.1. The molecule has 2 rings (SSSR count). The third kappa shape index (κ3) is 4.45. The third-order valence-corrected chi connectivity index (χ3v) is 5.14. The van der Waals surface area contributed by atoms with Gasteiger partial charge in [0.05, 0.1) is 4.90 Å². The second-order valence-electron chi connectivity index (χ2n) is 4.25. The Hall–Kier alpha value is -1.57. The minimum absolute atomic E-state index is 0.175. The lowest BCUT2D eigenvalue weighted by molar-refractivity contribution is 0.323. The number of halogens is 1. The molecule has 0 radical (unpaired) electrons. The molecule has 2 aromatic rings. The molecule has 0 fully saturated rings. The number of anilines is 1. The van der Waals surface area contributed by atoms with E-state index in [9.17, 15) is 8.42 Å². The summed E-state index contributed by atoms with van der Waals surface area (Å²) in [6.45, 7) is 0.404. The zero-order valence-electron chi connectivity index (χ0n) is 11.1. The Morgan fingerprint density at radius 2 is 1.76 bits per heavy atom. The fourth-order valence-corrected chi connectivity index (χ4v) is 3.66. The molecule has 0 aliphatic carbocycles. The number of rotatable bonds is 6. The van der Waals surface area contributed by atoms with Gasteiger partial charge in [-0.2, -0.15) is 0 Å². The average Bonchev–Trinajstić information content (AvgIpc) is 2.46. The van der Waals surface area contributed by atoms with E-state index in [0.717, 1.165) is 0 Å². The molecule has 0 heterocycles. The van der Waals surface area contributed by atoms with E-state index in [-0.39, 0.29) is 18.0 Å². The van der Waals surface area contributed by atoms with Crippen LogP contribution in [-0.2, 0) is 10.0 Å². The Morgan fingerprint density at radius 3 is 2.43 bits per heavy atom. The van der Waals surface area contributed by atoms with Crippen molar-refractivity contribution in [3.05, 3.63) is 53.0 Å². The number of ether oxygens (including phenoxy) is 1. The maximum Gasteiger partial charge on any atom is 0.241 e. The van der Waals surface area contributed by atoms with Crippen LogP contribution in [0.25, 0.3) is 0 Å². The van der Waals surface area contributed by atoms with Crippen LogP contribution in [0.3, 0.4) is 0 Å². The highest BCUT2D eigenvalue weighted by atomic mass is 79.9. The van der Waals surface area contributed by atoms with Gasteiger partial charge in [-0.25, -0.2) is 13.1 Å². The minimum Gasteiger partial charge on any atom is -0.492 e. The molecule has 5 nitrogen and oxygen atoms in total. The summed E-state index contributed by atoms with van der Waals surface area (Å²) < 4.78 is 32.6. The summed E-state index contributed by atoms with van der Waals surface area (Å²) >= 11 is 3.22. The molecule has 0 aliphatic rings. The average molecular weight is 371 g/mol. The van der Waals surface area contributed by atoms with Crippen molar-refractivity contribution in [3.63, 3.8) is 0 Å². The summed E-state index contributed by atoms with van der Waals surface area (Å²) in [5.74, 6) is 0.643. The van der Waals surface area contributed by atoms with Crippen LogP contribution >= 0.6 is 15.9 Å². The molecule has 0 bridgehead atoms. The van der Waals surface area contributed by atoms with Crippen LogP contribution in [-0.4, -0.2) is 21.6 Å². The molecule has 0 spiro atoms. The Balaban J connectivity index is 1.88. The van der Waals surface area contributed by atoms with Crippen LogP contribution in [0.15, 0.2) is 57.9 Å². The van der Waals surface area contributed by atoms with Crippen molar-refractivity contribution < 1.29 is 13.2 Å². The van der Waals surface area contributed by atoms with Crippen LogP contribution in [0.2, 0.25) is 0 Å². The van der Waals surface area contributed by atoms with Crippen LogP contribution in [0.4, 0.5) is 5.69 Å². The first kappa shape index (κ1) is 15.8. The zero-order chi connectivity index (χ0) is 15.3. The van der Waals surface area contributed by atoms with Gasteiger partial charge in [-0.15, -0.1) is 0 Å². The van der Waals surface area contributed by atoms with Crippen molar-refractivity contribution >= 4 is 31.6 Å². The van der Waals surface area contributed by atoms with E-state index in [1.165, 1.54) is 6.07 Å². The van der Waals surface area contributed by atoms with E-state index in [1.807, 2.05) is 0 Å². The SMILES string of the molecule is Nc1ccc(OCCNS(=O)(=O)c2ccccc2Br)cc1. The summed E-state index contributed by atoms with van der Waals surface area (Å²) in [6, 6.07) is 13.6. The van der Waals surface area contributed by atoms with Gasteiger partial charge in [0.2, 0.25) is 10.0 Å². The maximum atomic E-state index is 12.1. The van der Waals surface area contributed by atoms with Crippen molar-refractivity contribution in [3.8, 4) is 5.75 Å². The van der Waals surface area contributed by atoms with Crippen LogP contribution in [0, 0.1) is 0 Å². The van der Waals surface area contributed by atoms with Crippen molar-refractivity contribution in [2.75, 3.05) is 18.9 Å².